The molecule has 2 aromatic carbocycles. The van der Waals surface area contributed by atoms with Gasteiger partial charge in [-0.15, -0.1) is 0 Å². The van der Waals surface area contributed by atoms with E-state index < -0.39 is 10.0 Å². The van der Waals surface area contributed by atoms with E-state index in [0.29, 0.717) is 24.1 Å². The van der Waals surface area contributed by atoms with Gasteiger partial charge >= 0.3 is 0 Å². The van der Waals surface area contributed by atoms with Crippen LogP contribution in [-0.4, -0.2) is 39.1 Å². The molecule has 2 aromatic rings. The number of halogens is 1. The number of rotatable bonds is 10. The molecule has 1 N–H and O–H groups in total. The van der Waals surface area contributed by atoms with Gasteiger partial charge in [0.2, 0.25) is 15.9 Å². The van der Waals surface area contributed by atoms with Gasteiger partial charge in [0.15, 0.2) is 0 Å². The first-order chi connectivity index (χ1) is 14.1. The van der Waals surface area contributed by atoms with Crippen LogP contribution in [0.2, 0.25) is 0 Å². The van der Waals surface area contributed by atoms with Crippen molar-refractivity contribution >= 4 is 27.3 Å². The molecule has 0 unspecified atom stereocenters. The maximum absolute atomic E-state index is 13.6. The van der Waals surface area contributed by atoms with E-state index in [-0.39, 0.29) is 30.6 Å². The Morgan fingerprint density at radius 1 is 1.07 bits per heavy atom. The van der Waals surface area contributed by atoms with Crippen molar-refractivity contribution in [1.29, 1.82) is 0 Å². The van der Waals surface area contributed by atoms with E-state index >= 15 is 0 Å². The Kier molecular flexibility index (Phi) is 8.23. The first kappa shape index (κ1) is 23.7. The van der Waals surface area contributed by atoms with E-state index in [1.165, 1.54) is 12.1 Å². The first-order valence-electron chi connectivity index (χ1n) is 9.98. The second-order valence-corrected chi connectivity index (χ2v) is 9.23. The number of anilines is 2. The number of benzene rings is 2. The standard InChI is InChI=1S/C22H30FN3O3S/c1-5-12-30(28,29)24-20-10-11-21(25(3)4)18(14-20)16-26(22(27)6-2)15-17-8-7-9-19(23)13-17/h7-11,13-14,24H,5-6,12,15-16H2,1-4H3. The third-order valence-electron chi connectivity index (χ3n) is 4.59. The highest BCUT2D eigenvalue weighted by Crippen LogP contribution is 2.26. The lowest BCUT2D eigenvalue weighted by molar-refractivity contribution is -0.132. The van der Waals surface area contributed by atoms with Gasteiger partial charge in [-0.25, -0.2) is 12.8 Å². The van der Waals surface area contributed by atoms with Crippen LogP contribution in [0.25, 0.3) is 0 Å². The monoisotopic (exact) mass is 435 g/mol. The van der Waals surface area contributed by atoms with Gasteiger partial charge in [-0.3, -0.25) is 9.52 Å². The fourth-order valence-electron chi connectivity index (χ4n) is 3.23. The summed E-state index contributed by atoms with van der Waals surface area (Å²) in [6.45, 7) is 4.13. The lowest BCUT2D eigenvalue weighted by atomic mass is 10.1. The SMILES string of the molecule is CCCS(=O)(=O)Nc1ccc(N(C)C)c(CN(Cc2cccc(F)c2)C(=O)CC)c1. The Morgan fingerprint density at radius 3 is 2.40 bits per heavy atom. The average Bonchev–Trinajstić information content (AvgIpc) is 2.66. The van der Waals surface area contributed by atoms with E-state index in [4.69, 9.17) is 0 Å². The highest BCUT2D eigenvalue weighted by atomic mass is 32.2. The molecule has 164 valence electrons. The lowest BCUT2D eigenvalue weighted by Gasteiger charge is -2.26. The van der Waals surface area contributed by atoms with Crippen molar-refractivity contribution in [2.75, 3.05) is 29.5 Å². The summed E-state index contributed by atoms with van der Waals surface area (Å²) < 4.78 is 40.5. The zero-order valence-corrected chi connectivity index (χ0v) is 18.8. The largest absolute Gasteiger partial charge is 0.377 e. The molecule has 1 amide bonds. The van der Waals surface area contributed by atoms with Gasteiger partial charge in [-0.2, -0.15) is 0 Å². The summed E-state index contributed by atoms with van der Waals surface area (Å²) in [5.41, 5.74) is 2.83. The number of carbonyl (C=O) groups is 1. The molecular weight excluding hydrogens is 405 g/mol. The number of hydrogen-bond acceptors (Lipinski definition) is 4. The predicted molar refractivity (Wildman–Crippen MR) is 119 cm³/mol. The van der Waals surface area contributed by atoms with E-state index in [0.717, 1.165) is 11.3 Å². The van der Waals surface area contributed by atoms with Crippen LogP contribution in [-0.2, 0) is 27.9 Å². The Labute approximate surface area is 178 Å². The highest BCUT2D eigenvalue weighted by molar-refractivity contribution is 7.92. The second-order valence-electron chi connectivity index (χ2n) is 7.39. The molecule has 0 aromatic heterocycles. The summed E-state index contributed by atoms with van der Waals surface area (Å²) in [5, 5.41) is 0. The molecule has 0 saturated heterocycles. The van der Waals surface area contributed by atoms with Gasteiger partial charge in [0.1, 0.15) is 5.82 Å². The minimum Gasteiger partial charge on any atom is -0.377 e. The number of amides is 1. The molecule has 0 bridgehead atoms. The summed E-state index contributed by atoms with van der Waals surface area (Å²) >= 11 is 0. The topological polar surface area (TPSA) is 69.7 Å². The molecule has 0 saturated carbocycles. The Hall–Kier alpha value is -2.61. The van der Waals surface area contributed by atoms with Gasteiger partial charge < -0.3 is 9.80 Å². The fourth-order valence-corrected chi connectivity index (χ4v) is 4.35. The maximum Gasteiger partial charge on any atom is 0.232 e. The smallest absolute Gasteiger partial charge is 0.232 e. The van der Waals surface area contributed by atoms with Gasteiger partial charge in [0.25, 0.3) is 0 Å². The van der Waals surface area contributed by atoms with Crippen molar-refractivity contribution in [2.24, 2.45) is 0 Å². The van der Waals surface area contributed by atoms with E-state index in [1.807, 2.05) is 25.1 Å². The van der Waals surface area contributed by atoms with Crippen LogP contribution in [0.15, 0.2) is 42.5 Å². The third-order valence-corrected chi connectivity index (χ3v) is 6.08. The first-order valence-corrected chi connectivity index (χ1v) is 11.6. The predicted octanol–water partition coefficient (Wildman–Crippen LogP) is 3.98. The van der Waals surface area contributed by atoms with Crippen molar-refractivity contribution in [3.8, 4) is 0 Å². The number of nitrogens with one attached hydrogen (secondary N) is 1. The second kappa shape index (κ2) is 10.4. The molecule has 6 nitrogen and oxygen atoms in total. The van der Waals surface area contributed by atoms with Gasteiger partial charge in [-0.1, -0.05) is 26.0 Å². The zero-order valence-electron chi connectivity index (χ0n) is 18.0. The van der Waals surface area contributed by atoms with E-state index in [2.05, 4.69) is 4.72 Å². The molecule has 8 heteroatoms. The van der Waals surface area contributed by atoms with Crippen LogP contribution in [0.3, 0.4) is 0 Å². The minimum absolute atomic E-state index is 0.0395. The van der Waals surface area contributed by atoms with Gasteiger partial charge in [0.05, 0.1) is 5.75 Å². The normalized spacial score (nSPS) is 11.2. The van der Waals surface area contributed by atoms with Crippen LogP contribution in [0.1, 0.15) is 37.8 Å². The van der Waals surface area contributed by atoms with Crippen molar-refractivity contribution in [3.05, 3.63) is 59.4 Å². The third kappa shape index (κ3) is 6.73. The van der Waals surface area contributed by atoms with Gasteiger partial charge in [-0.05, 0) is 47.9 Å². The molecule has 0 aliphatic heterocycles. The molecule has 0 atom stereocenters. The van der Waals surface area contributed by atoms with Crippen LogP contribution >= 0.6 is 0 Å². The highest BCUT2D eigenvalue weighted by Gasteiger charge is 2.17. The molecule has 0 spiro atoms. The molecule has 0 aliphatic carbocycles. The summed E-state index contributed by atoms with van der Waals surface area (Å²) in [5.74, 6) is -0.378. The summed E-state index contributed by atoms with van der Waals surface area (Å²) in [6.07, 6.45) is 0.833. The van der Waals surface area contributed by atoms with Crippen molar-refractivity contribution in [3.63, 3.8) is 0 Å². The maximum atomic E-state index is 13.6. The number of nitrogens with zero attached hydrogens (tertiary/aromatic N) is 2. The van der Waals surface area contributed by atoms with Crippen LogP contribution < -0.4 is 9.62 Å². The molecule has 0 fully saturated rings. The molecule has 30 heavy (non-hydrogen) atoms. The average molecular weight is 436 g/mol. The van der Waals surface area contributed by atoms with Gasteiger partial charge in [0, 0.05) is 45.0 Å². The Bertz CT molecular complexity index is 977. The minimum atomic E-state index is -3.42. The summed E-state index contributed by atoms with van der Waals surface area (Å²) in [7, 11) is 0.351. The van der Waals surface area contributed by atoms with Crippen molar-refractivity contribution in [2.45, 2.75) is 39.8 Å². The Morgan fingerprint density at radius 2 is 1.80 bits per heavy atom. The summed E-state index contributed by atoms with van der Waals surface area (Å²) in [6, 6.07) is 11.5. The van der Waals surface area contributed by atoms with Crippen LogP contribution in [0, 0.1) is 5.82 Å². The zero-order chi connectivity index (χ0) is 22.3. The fraction of sp³-hybridized carbons (Fsp3) is 0.409. The Balaban J connectivity index is 2.36. The summed E-state index contributed by atoms with van der Waals surface area (Å²) in [4.78, 5) is 16.2. The van der Waals surface area contributed by atoms with E-state index in [9.17, 15) is 17.6 Å². The lowest BCUT2D eigenvalue weighted by Crippen LogP contribution is -2.30. The van der Waals surface area contributed by atoms with Crippen molar-refractivity contribution in [1.82, 2.24) is 4.90 Å². The molecule has 0 heterocycles. The number of hydrogen-bond donors (Lipinski definition) is 1. The number of carbonyl (C=O) groups excluding carboxylic acids is 1. The molecule has 0 radical (unpaired) electrons. The molecular formula is C22H30FN3O3S. The number of sulfonamides is 1. The molecule has 0 aliphatic rings. The van der Waals surface area contributed by atoms with Crippen molar-refractivity contribution < 1.29 is 17.6 Å². The molecule has 2 rings (SSSR count). The van der Waals surface area contributed by atoms with E-state index in [1.54, 1.807) is 43.0 Å². The quantitative estimate of drug-likeness (QED) is 0.613. The van der Waals surface area contributed by atoms with Crippen LogP contribution in [0.5, 0.6) is 0 Å². The van der Waals surface area contributed by atoms with Crippen LogP contribution in [0.4, 0.5) is 15.8 Å².